The number of nitro benzene ring substituents is 1. The van der Waals surface area contributed by atoms with Crippen LogP contribution >= 0.6 is 0 Å². The molecule has 0 radical (unpaired) electrons. The number of anilines is 1. The third-order valence-corrected chi connectivity index (χ3v) is 4.12. The number of carbonyl (C=O) groups excluding carboxylic acids is 2. The lowest BCUT2D eigenvalue weighted by atomic mass is 10.1. The van der Waals surface area contributed by atoms with Crippen LogP contribution in [-0.4, -0.2) is 44.2 Å². The molecule has 164 valence electrons. The zero-order valence-electron chi connectivity index (χ0n) is 17.4. The van der Waals surface area contributed by atoms with Crippen LogP contribution in [0.5, 0.6) is 17.2 Å². The van der Waals surface area contributed by atoms with E-state index in [1.807, 2.05) is 0 Å². The second kappa shape index (κ2) is 10.6. The highest BCUT2D eigenvalue weighted by Gasteiger charge is 2.18. The third-order valence-electron chi connectivity index (χ3n) is 4.12. The van der Waals surface area contributed by atoms with E-state index >= 15 is 0 Å². The summed E-state index contributed by atoms with van der Waals surface area (Å²) >= 11 is 0. The number of carbonyl (C=O) groups is 2. The van der Waals surface area contributed by atoms with Gasteiger partial charge in [0.2, 0.25) is 0 Å². The van der Waals surface area contributed by atoms with Crippen molar-refractivity contribution in [3.8, 4) is 17.2 Å². The largest absolute Gasteiger partial charge is 0.496 e. The summed E-state index contributed by atoms with van der Waals surface area (Å²) in [6.45, 7) is 1.38. The Morgan fingerprint density at radius 1 is 1.03 bits per heavy atom. The molecule has 1 N–H and O–H groups in total. The molecule has 0 aromatic heterocycles. The van der Waals surface area contributed by atoms with Crippen LogP contribution in [0, 0.1) is 10.1 Å². The fourth-order valence-electron chi connectivity index (χ4n) is 2.55. The van der Waals surface area contributed by atoms with Gasteiger partial charge in [-0.25, -0.2) is 4.79 Å². The first-order valence-corrected chi connectivity index (χ1v) is 9.03. The summed E-state index contributed by atoms with van der Waals surface area (Å²) in [4.78, 5) is 34.6. The van der Waals surface area contributed by atoms with Gasteiger partial charge in [-0.2, -0.15) is 0 Å². The van der Waals surface area contributed by atoms with Crippen LogP contribution in [0.15, 0.2) is 42.5 Å². The first kappa shape index (κ1) is 23.2. The highest BCUT2D eigenvalue weighted by atomic mass is 16.6. The third kappa shape index (κ3) is 6.20. The second-order valence-electron chi connectivity index (χ2n) is 6.16. The summed E-state index contributed by atoms with van der Waals surface area (Å²) in [5.74, 6) is -0.0471. The minimum atomic E-state index is -1.14. The molecule has 1 unspecified atom stereocenters. The van der Waals surface area contributed by atoms with Crippen molar-refractivity contribution < 1.29 is 33.5 Å². The first-order valence-electron chi connectivity index (χ1n) is 9.03. The van der Waals surface area contributed by atoms with E-state index in [0.29, 0.717) is 22.8 Å². The molecule has 10 nitrogen and oxygen atoms in total. The molecule has 0 aliphatic rings. The maximum absolute atomic E-state index is 12.2. The van der Waals surface area contributed by atoms with E-state index in [-0.39, 0.29) is 11.4 Å². The van der Waals surface area contributed by atoms with Gasteiger partial charge in [0.05, 0.1) is 26.3 Å². The fraction of sp³-hybridized carbons (Fsp3) is 0.238. The number of ether oxygens (including phenoxy) is 4. The van der Waals surface area contributed by atoms with Gasteiger partial charge in [-0.3, -0.25) is 14.9 Å². The van der Waals surface area contributed by atoms with Gasteiger partial charge in [-0.1, -0.05) is 6.07 Å². The van der Waals surface area contributed by atoms with E-state index in [9.17, 15) is 19.7 Å². The average molecular weight is 430 g/mol. The molecular weight excluding hydrogens is 408 g/mol. The van der Waals surface area contributed by atoms with E-state index in [0.717, 1.165) is 6.08 Å². The van der Waals surface area contributed by atoms with Gasteiger partial charge in [0.15, 0.2) is 17.6 Å². The van der Waals surface area contributed by atoms with Crippen molar-refractivity contribution in [2.45, 2.75) is 13.0 Å². The van der Waals surface area contributed by atoms with Crippen molar-refractivity contribution >= 4 is 29.3 Å². The number of nitrogens with one attached hydrogen (secondary N) is 1. The van der Waals surface area contributed by atoms with Crippen LogP contribution < -0.4 is 19.5 Å². The van der Waals surface area contributed by atoms with Crippen molar-refractivity contribution in [1.29, 1.82) is 0 Å². The van der Waals surface area contributed by atoms with Crippen molar-refractivity contribution in [2.24, 2.45) is 0 Å². The molecule has 0 aliphatic carbocycles. The van der Waals surface area contributed by atoms with Crippen LogP contribution in [0.25, 0.3) is 6.08 Å². The van der Waals surface area contributed by atoms with E-state index in [1.54, 1.807) is 12.1 Å². The van der Waals surface area contributed by atoms with E-state index in [2.05, 4.69) is 5.32 Å². The molecule has 1 amide bonds. The fourth-order valence-corrected chi connectivity index (χ4v) is 2.55. The zero-order valence-corrected chi connectivity index (χ0v) is 17.4. The molecule has 1 atom stereocenters. The Morgan fingerprint density at radius 2 is 1.68 bits per heavy atom. The Kier molecular flexibility index (Phi) is 7.95. The van der Waals surface area contributed by atoms with Crippen LogP contribution in [-0.2, 0) is 14.3 Å². The topological polar surface area (TPSA) is 126 Å². The molecule has 0 bridgehead atoms. The first-order chi connectivity index (χ1) is 14.8. The maximum Gasteiger partial charge on any atom is 0.331 e. The summed E-state index contributed by atoms with van der Waals surface area (Å²) < 4.78 is 20.8. The van der Waals surface area contributed by atoms with Crippen molar-refractivity contribution in [3.05, 3.63) is 58.2 Å². The lowest BCUT2D eigenvalue weighted by Crippen LogP contribution is -2.29. The molecule has 31 heavy (non-hydrogen) atoms. The van der Waals surface area contributed by atoms with Crippen LogP contribution in [0.3, 0.4) is 0 Å². The molecule has 10 heteroatoms. The van der Waals surface area contributed by atoms with Gasteiger partial charge in [0.25, 0.3) is 11.6 Å². The van der Waals surface area contributed by atoms with Gasteiger partial charge in [-0.05, 0) is 25.1 Å². The lowest BCUT2D eigenvalue weighted by Gasteiger charge is -2.13. The molecule has 0 fully saturated rings. The van der Waals surface area contributed by atoms with E-state index in [4.69, 9.17) is 18.9 Å². The highest BCUT2D eigenvalue weighted by molar-refractivity contribution is 5.97. The lowest BCUT2D eigenvalue weighted by molar-refractivity contribution is -0.384. The molecule has 0 saturated heterocycles. The number of amides is 1. The van der Waals surface area contributed by atoms with Gasteiger partial charge < -0.3 is 24.3 Å². The van der Waals surface area contributed by atoms with E-state index in [1.165, 1.54) is 58.6 Å². The number of hydrogen-bond acceptors (Lipinski definition) is 8. The van der Waals surface area contributed by atoms with Gasteiger partial charge >= 0.3 is 5.97 Å². The minimum absolute atomic E-state index is 0.172. The zero-order chi connectivity index (χ0) is 23.0. The Bertz CT molecular complexity index is 1000. The number of esters is 1. The van der Waals surface area contributed by atoms with Crippen LogP contribution in [0.2, 0.25) is 0 Å². The standard InChI is InChI=1S/C21H22N2O8/c1-13(21(25)22-15-6-5-7-16(11-15)23(26)27)31-20(24)9-8-14-10-18(29-3)19(30-4)12-17(14)28-2/h5-13H,1-4H3,(H,22,25)/b9-8+. The summed E-state index contributed by atoms with van der Waals surface area (Å²) in [5.41, 5.74) is 0.577. The Balaban J connectivity index is 2.05. The van der Waals surface area contributed by atoms with Crippen LogP contribution in [0.4, 0.5) is 11.4 Å². The van der Waals surface area contributed by atoms with Crippen LogP contribution in [0.1, 0.15) is 12.5 Å². The van der Waals surface area contributed by atoms with E-state index < -0.39 is 22.9 Å². The Morgan fingerprint density at radius 3 is 2.29 bits per heavy atom. The molecule has 0 spiro atoms. The highest BCUT2D eigenvalue weighted by Crippen LogP contribution is 2.35. The molecule has 0 aliphatic heterocycles. The number of nitrogens with zero attached hydrogens (tertiary/aromatic N) is 1. The smallest absolute Gasteiger partial charge is 0.331 e. The molecule has 0 saturated carbocycles. The maximum atomic E-state index is 12.2. The number of methoxy groups -OCH3 is 3. The van der Waals surface area contributed by atoms with Gasteiger partial charge in [-0.15, -0.1) is 0 Å². The monoisotopic (exact) mass is 430 g/mol. The van der Waals surface area contributed by atoms with Gasteiger partial charge in [0.1, 0.15) is 5.75 Å². The molecule has 2 rings (SSSR count). The summed E-state index contributed by atoms with van der Waals surface area (Å²) in [5, 5.41) is 13.3. The Labute approximate surface area is 178 Å². The molecule has 0 heterocycles. The average Bonchev–Trinajstić information content (AvgIpc) is 2.76. The number of benzene rings is 2. The normalized spacial score (nSPS) is 11.5. The SMILES string of the molecule is COc1cc(OC)c(OC)cc1/C=C/C(=O)OC(C)C(=O)Nc1cccc([N+](=O)[O-])c1. The van der Waals surface area contributed by atoms with Crippen molar-refractivity contribution in [1.82, 2.24) is 0 Å². The van der Waals surface area contributed by atoms with Gasteiger partial charge in [0, 0.05) is 35.5 Å². The summed E-state index contributed by atoms with van der Waals surface area (Å²) in [6, 6.07) is 8.66. The number of rotatable bonds is 9. The van der Waals surface area contributed by atoms with Crippen molar-refractivity contribution in [3.63, 3.8) is 0 Å². The predicted octanol–water partition coefficient (Wildman–Crippen LogP) is 3.20. The number of nitro groups is 1. The molecule has 2 aromatic carbocycles. The minimum Gasteiger partial charge on any atom is -0.496 e. The summed E-state index contributed by atoms with van der Waals surface area (Å²) in [6.07, 6.45) is 1.46. The molecule has 2 aromatic rings. The number of hydrogen-bond donors (Lipinski definition) is 1. The van der Waals surface area contributed by atoms with Crippen molar-refractivity contribution in [2.75, 3.05) is 26.6 Å². The molecular formula is C21H22N2O8. The quantitative estimate of drug-likeness (QED) is 0.278. The predicted molar refractivity (Wildman–Crippen MR) is 112 cm³/mol. The summed E-state index contributed by atoms with van der Waals surface area (Å²) in [7, 11) is 4.44. The number of non-ortho nitro benzene ring substituents is 1. The Hall–Kier alpha value is -4.08. The second-order valence-corrected chi connectivity index (χ2v) is 6.16.